The summed E-state index contributed by atoms with van der Waals surface area (Å²) in [6.07, 6.45) is 10.1. The van der Waals surface area contributed by atoms with E-state index in [1.54, 1.807) is 56.4 Å². The number of carbonyl (C=O) groups is 1. The largest absolute Gasteiger partial charge is 0.508 e. The van der Waals surface area contributed by atoms with Gasteiger partial charge in [0.1, 0.15) is 17.1 Å². The van der Waals surface area contributed by atoms with Crippen molar-refractivity contribution in [2.45, 2.75) is 38.4 Å². The van der Waals surface area contributed by atoms with Crippen molar-refractivity contribution in [2.75, 3.05) is 0 Å². The van der Waals surface area contributed by atoms with E-state index in [-0.39, 0.29) is 34.1 Å². The monoisotopic (exact) mass is 422 g/mol. The summed E-state index contributed by atoms with van der Waals surface area (Å²) in [7, 11) is 0. The molecule has 1 aliphatic rings. The highest BCUT2D eigenvalue weighted by molar-refractivity contribution is 6.10. The molecular formula is C25H26O6. The van der Waals surface area contributed by atoms with Crippen LogP contribution in [0.15, 0.2) is 54.6 Å². The Morgan fingerprint density at radius 2 is 1.84 bits per heavy atom. The van der Waals surface area contributed by atoms with Crippen molar-refractivity contribution in [3.05, 3.63) is 71.3 Å². The molecule has 162 valence electrons. The summed E-state index contributed by atoms with van der Waals surface area (Å²) < 4.78 is 5.94. The topological polar surface area (TPSA) is 107 Å². The maximum Gasteiger partial charge on any atom is 0.189 e. The van der Waals surface area contributed by atoms with Crippen LogP contribution in [0.25, 0.3) is 12.2 Å². The first kappa shape index (κ1) is 22.2. The molecule has 0 fully saturated rings. The first-order chi connectivity index (χ1) is 14.5. The van der Waals surface area contributed by atoms with E-state index >= 15 is 0 Å². The number of benzene rings is 2. The molecule has 0 aromatic heterocycles. The predicted molar refractivity (Wildman–Crippen MR) is 119 cm³/mol. The van der Waals surface area contributed by atoms with Gasteiger partial charge >= 0.3 is 0 Å². The zero-order valence-corrected chi connectivity index (χ0v) is 17.7. The summed E-state index contributed by atoms with van der Waals surface area (Å²) in [5.74, 6) is -0.804. The standard InChI is InChI=1S/C25H26O6/c1-24(2,30)12-4-13-25(3)14-11-18-22(29)19(15-21(28)23(18)31-25)20(27)10-7-16-5-8-17(26)9-6-16/h4-12,14-15,26,28-30H,13H2,1-3H3/b10-7+,12-4+/t25-/m1/s1. The summed E-state index contributed by atoms with van der Waals surface area (Å²) in [5.41, 5.74) is -0.861. The molecule has 0 unspecified atom stereocenters. The van der Waals surface area contributed by atoms with Crippen LogP contribution in [-0.4, -0.2) is 37.4 Å². The average molecular weight is 422 g/mol. The lowest BCUT2D eigenvalue weighted by atomic mass is 9.93. The van der Waals surface area contributed by atoms with Crippen LogP contribution in [-0.2, 0) is 0 Å². The minimum atomic E-state index is -0.948. The number of rotatable bonds is 6. The van der Waals surface area contributed by atoms with Crippen LogP contribution in [0.2, 0.25) is 0 Å². The Hall–Kier alpha value is -3.51. The molecule has 2 aromatic carbocycles. The maximum absolute atomic E-state index is 12.6. The SMILES string of the molecule is CC(C)(O)/C=C/C[C@]1(C)C=Cc2c(O)c(C(=O)/C=C/c3ccc(O)cc3)cc(O)c2O1. The molecule has 0 spiro atoms. The lowest BCUT2D eigenvalue weighted by Gasteiger charge is -2.32. The summed E-state index contributed by atoms with van der Waals surface area (Å²) in [4.78, 5) is 12.6. The first-order valence-corrected chi connectivity index (χ1v) is 9.86. The third kappa shape index (κ3) is 5.35. The summed E-state index contributed by atoms with van der Waals surface area (Å²) in [5, 5.41) is 40.3. The first-order valence-electron chi connectivity index (χ1n) is 9.86. The zero-order valence-electron chi connectivity index (χ0n) is 17.7. The minimum Gasteiger partial charge on any atom is -0.508 e. The highest BCUT2D eigenvalue weighted by Crippen LogP contribution is 2.45. The van der Waals surface area contributed by atoms with E-state index in [2.05, 4.69) is 0 Å². The van der Waals surface area contributed by atoms with Gasteiger partial charge in [0.25, 0.3) is 0 Å². The molecule has 0 bridgehead atoms. The molecule has 0 saturated carbocycles. The summed E-state index contributed by atoms with van der Waals surface area (Å²) >= 11 is 0. The van der Waals surface area contributed by atoms with Gasteiger partial charge in [0.15, 0.2) is 17.3 Å². The van der Waals surface area contributed by atoms with Crippen molar-refractivity contribution in [2.24, 2.45) is 0 Å². The van der Waals surface area contributed by atoms with Crippen molar-refractivity contribution in [1.82, 2.24) is 0 Å². The molecule has 0 aliphatic carbocycles. The van der Waals surface area contributed by atoms with Gasteiger partial charge in [-0.15, -0.1) is 0 Å². The molecule has 6 heteroatoms. The number of aliphatic hydroxyl groups is 1. The lowest BCUT2D eigenvalue weighted by Crippen LogP contribution is -2.31. The molecule has 1 atom stereocenters. The van der Waals surface area contributed by atoms with E-state index in [1.807, 2.05) is 6.92 Å². The fourth-order valence-electron chi connectivity index (χ4n) is 3.18. The summed E-state index contributed by atoms with van der Waals surface area (Å²) in [6, 6.07) is 7.48. The molecule has 4 N–H and O–H groups in total. The van der Waals surface area contributed by atoms with Crippen LogP contribution < -0.4 is 4.74 Å². The van der Waals surface area contributed by atoms with Crippen molar-refractivity contribution < 1.29 is 30.0 Å². The van der Waals surface area contributed by atoms with Crippen LogP contribution >= 0.6 is 0 Å². The lowest BCUT2D eigenvalue weighted by molar-refractivity contribution is 0.104. The number of hydrogen-bond acceptors (Lipinski definition) is 6. The van der Waals surface area contributed by atoms with E-state index in [9.17, 15) is 25.2 Å². The van der Waals surface area contributed by atoms with Crippen LogP contribution in [0, 0.1) is 0 Å². The number of ether oxygens (including phenoxy) is 1. The van der Waals surface area contributed by atoms with Crippen molar-refractivity contribution in [3.8, 4) is 23.0 Å². The van der Waals surface area contributed by atoms with Gasteiger partial charge in [-0.25, -0.2) is 0 Å². The van der Waals surface area contributed by atoms with Gasteiger partial charge in [0.2, 0.25) is 0 Å². The molecule has 0 radical (unpaired) electrons. The highest BCUT2D eigenvalue weighted by atomic mass is 16.5. The van der Waals surface area contributed by atoms with Crippen LogP contribution in [0.1, 0.15) is 48.7 Å². The Morgan fingerprint density at radius 1 is 1.16 bits per heavy atom. The molecule has 0 amide bonds. The number of carbonyl (C=O) groups excluding carboxylic acids is 1. The number of fused-ring (bicyclic) bond motifs is 1. The van der Waals surface area contributed by atoms with Gasteiger partial charge in [0, 0.05) is 6.42 Å². The van der Waals surface area contributed by atoms with E-state index in [1.165, 1.54) is 24.3 Å². The smallest absolute Gasteiger partial charge is 0.189 e. The third-order valence-corrected chi connectivity index (χ3v) is 4.84. The van der Waals surface area contributed by atoms with Crippen LogP contribution in [0.4, 0.5) is 0 Å². The van der Waals surface area contributed by atoms with Gasteiger partial charge < -0.3 is 25.2 Å². The molecule has 1 aliphatic heterocycles. The number of aromatic hydroxyl groups is 3. The molecule has 6 nitrogen and oxygen atoms in total. The quantitative estimate of drug-likeness (QED) is 0.235. The van der Waals surface area contributed by atoms with Gasteiger partial charge in [0.05, 0.1) is 16.7 Å². The normalized spacial score (nSPS) is 18.3. The second-order valence-corrected chi connectivity index (χ2v) is 8.33. The van der Waals surface area contributed by atoms with Gasteiger partial charge in [-0.2, -0.15) is 0 Å². The van der Waals surface area contributed by atoms with E-state index < -0.39 is 17.0 Å². The summed E-state index contributed by atoms with van der Waals surface area (Å²) in [6.45, 7) is 5.14. The number of phenolic OH excluding ortho intramolecular Hbond substituents is 3. The highest BCUT2D eigenvalue weighted by Gasteiger charge is 2.31. The second kappa shape index (κ2) is 8.32. The second-order valence-electron chi connectivity index (χ2n) is 8.33. The van der Waals surface area contributed by atoms with Crippen LogP contribution in [0.5, 0.6) is 23.0 Å². The Bertz CT molecular complexity index is 1070. The zero-order chi connectivity index (χ0) is 22.8. The van der Waals surface area contributed by atoms with Gasteiger partial charge in [-0.1, -0.05) is 30.4 Å². The Morgan fingerprint density at radius 3 is 2.48 bits per heavy atom. The fourth-order valence-corrected chi connectivity index (χ4v) is 3.18. The van der Waals surface area contributed by atoms with E-state index in [0.717, 1.165) is 0 Å². The van der Waals surface area contributed by atoms with E-state index in [0.29, 0.717) is 12.0 Å². The number of ketones is 1. The Kier molecular flexibility index (Phi) is 5.95. The molecule has 31 heavy (non-hydrogen) atoms. The van der Waals surface area contributed by atoms with E-state index in [4.69, 9.17) is 4.74 Å². The van der Waals surface area contributed by atoms with Crippen molar-refractivity contribution >= 4 is 17.9 Å². The number of allylic oxidation sites excluding steroid dienone is 1. The van der Waals surface area contributed by atoms with Crippen LogP contribution in [0.3, 0.4) is 0 Å². The third-order valence-electron chi connectivity index (χ3n) is 4.84. The molecule has 1 heterocycles. The maximum atomic E-state index is 12.6. The molecule has 3 rings (SSSR count). The van der Waals surface area contributed by atoms with Crippen molar-refractivity contribution in [3.63, 3.8) is 0 Å². The van der Waals surface area contributed by atoms with Gasteiger partial charge in [-0.3, -0.25) is 4.79 Å². The Balaban J connectivity index is 1.85. The molecular weight excluding hydrogens is 396 g/mol. The Labute approximate surface area is 181 Å². The predicted octanol–water partition coefficient (Wildman–Crippen LogP) is 4.58. The molecule has 2 aromatic rings. The fraction of sp³-hybridized carbons (Fsp3) is 0.240. The average Bonchev–Trinajstić information content (AvgIpc) is 2.69. The van der Waals surface area contributed by atoms with Crippen molar-refractivity contribution in [1.29, 1.82) is 0 Å². The molecule has 0 saturated heterocycles. The minimum absolute atomic E-state index is 0.0509. The number of hydrogen-bond donors (Lipinski definition) is 4. The van der Waals surface area contributed by atoms with Gasteiger partial charge in [-0.05, 0) is 62.8 Å². The number of phenols is 3.